The highest BCUT2D eigenvalue weighted by atomic mass is 32.2. The number of aliphatic hydroxyl groups excluding tert-OH is 1. The Labute approximate surface area is 582 Å². The number of hydrogen-bond acceptors (Lipinski definition) is 14. The van der Waals surface area contributed by atoms with E-state index in [2.05, 4.69) is 40.0 Å². The third-order valence-electron chi connectivity index (χ3n) is 18.9. The quantitative estimate of drug-likeness (QED) is 0.0561. The summed E-state index contributed by atoms with van der Waals surface area (Å²) >= 11 is 1.21. The van der Waals surface area contributed by atoms with Gasteiger partial charge >= 0.3 is 0 Å². The average molecular weight is 1380 g/mol. The van der Waals surface area contributed by atoms with Gasteiger partial charge in [0.25, 0.3) is 5.91 Å². The summed E-state index contributed by atoms with van der Waals surface area (Å²) in [5.41, 5.74) is 0. The number of carbonyl (C=O) groups is 11. The third kappa shape index (κ3) is 25.2. The van der Waals surface area contributed by atoms with E-state index in [0.717, 1.165) is 18.0 Å². The molecule has 0 aromatic rings. The van der Waals surface area contributed by atoms with Crippen LogP contribution in [0, 0.1) is 41.4 Å². The Kier molecular flexibility index (Phi) is 38.8. The first kappa shape index (κ1) is 88.2. The summed E-state index contributed by atoms with van der Waals surface area (Å²) < 4.78 is 0. The Hall–Kier alpha value is -5.82. The fourth-order valence-electron chi connectivity index (χ4n) is 12.3. The van der Waals surface area contributed by atoms with Gasteiger partial charge in [-0.25, -0.2) is 0 Å². The molecule has 25 heteroatoms. The standard InChI is InChI=1S/C71H130N12O12S/c1-27-32-35-48(17)59(84)58-63(88)74-51(34-28-2)65(90)82(26)71(96-39-33-38-83(30-4)31-5)70(95)80(24)57(47(16)29-3)62(87)75-55(45(12)13)68(93)76(20)52(37-36-42(6)7)61(86)72-49(18)60(85)73-50(19)64(89)77(21)53(40-43(8)9)66(91)78(22)54(41-44(10)11)67(92)79(23)56(46(14)15)69(94)81(58)25/h27,32,42-59,71,84H,28-31,33-41H2,1-26H3,(H,72,86)(H,73,85)(H,74,88)(H,75,87)/b32-27+/t47?,48-,49-,50+,51-,52-,53+,54-,55-,56-,57+,58+,59-,71-/m1/s1. The van der Waals surface area contributed by atoms with E-state index < -0.39 is 161 Å². The molecule has 1 heterocycles. The van der Waals surface area contributed by atoms with Crippen LogP contribution in [-0.2, 0) is 52.7 Å². The summed E-state index contributed by atoms with van der Waals surface area (Å²) in [5.74, 6) is -9.36. The Balaban J connectivity index is 4.62. The van der Waals surface area contributed by atoms with Gasteiger partial charge in [-0.05, 0) is 133 Å². The van der Waals surface area contributed by atoms with Gasteiger partial charge in [-0.2, -0.15) is 0 Å². The van der Waals surface area contributed by atoms with Crippen molar-refractivity contribution in [3.8, 4) is 0 Å². The predicted molar refractivity (Wildman–Crippen MR) is 381 cm³/mol. The SMILES string of the molecule is C/C=C/C[C@@H](C)[C@@H](O)[C@H]1C(=O)N[C@H](CCC)C(=O)N(C)[C@H](SCCCN(CC)CC)C(=O)N(C)[C@@H](C(C)CC)C(=O)N[C@H](C(C)C)C(=O)N(C)[C@H](CCC(C)C)C(=O)N[C@H](C)C(=O)N[C@@H](C)C(=O)N(C)[C@@H](CC(C)C)C(=O)N(C)[C@H](CC(C)C)C(=O)N(C)[C@H](C(C)C)C(=O)N1C. The van der Waals surface area contributed by atoms with Gasteiger partial charge in [-0.3, -0.25) is 52.7 Å². The molecule has 0 aromatic heterocycles. The molecule has 1 aliphatic heterocycles. The van der Waals surface area contributed by atoms with Gasteiger partial charge < -0.3 is 65.6 Å². The van der Waals surface area contributed by atoms with Crippen LogP contribution in [-0.4, -0.2) is 256 Å². The van der Waals surface area contributed by atoms with E-state index in [1.807, 2.05) is 75.3 Å². The number of nitrogens with one attached hydrogen (secondary N) is 4. The summed E-state index contributed by atoms with van der Waals surface area (Å²) in [6.45, 7) is 36.8. The van der Waals surface area contributed by atoms with E-state index >= 15 is 33.6 Å². The topological polar surface area (TPSA) is 282 Å². The molecule has 24 nitrogen and oxygen atoms in total. The number of aliphatic hydroxyl groups is 1. The minimum absolute atomic E-state index is 0.0776. The van der Waals surface area contributed by atoms with Gasteiger partial charge in [0.2, 0.25) is 59.1 Å². The van der Waals surface area contributed by atoms with Crippen LogP contribution in [0.1, 0.15) is 189 Å². The van der Waals surface area contributed by atoms with E-state index in [-0.39, 0.29) is 43.4 Å². The Bertz CT molecular complexity index is 2570. The highest BCUT2D eigenvalue weighted by Gasteiger charge is 2.47. The zero-order chi connectivity index (χ0) is 74.1. The van der Waals surface area contributed by atoms with Crippen molar-refractivity contribution in [2.45, 2.75) is 261 Å². The molecule has 1 unspecified atom stereocenters. The lowest BCUT2D eigenvalue weighted by Crippen LogP contribution is -2.64. The summed E-state index contributed by atoms with van der Waals surface area (Å²) in [5, 5.41) is 22.5. The van der Waals surface area contributed by atoms with Crippen molar-refractivity contribution in [2.24, 2.45) is 41.4 Å². The summed E-state index contributed by atoms with van der Waals surface area (Å²) in [6, 6.07) is -12.5. The van der Waals surface area contributed by atoms with Crippen LogP contribution in [0.3, 0.4) is 0 Å². The highest BCUT2D eigenvalue weighted by Crippen LogP contribution is 2.28. The normalized spacial score (nSPS) is 26.3. The lowest BCUT2D eigenvalue weighted by atomic mass is 9.91. The van der Waals surface area contributed by atoms with E-state index in [1.54, 1.807) is 40.7 Å². The third-order valence-corrected chi connectivity index (χ3v) is 20.2. The van der Waals surface area contributed by atoms with Crippen LogP contribution in [0.4, 0.5) is 0 Å². The number of carbonyl (C=O) groups excluding carboxylic acids is 11. The zero-order valence-corrected chi connectivity index (χ0v) is 64.6. The van der Waals surface area contributed by atoms with Crippen LogP contribution in [0.25, 0.3) is 0 Å². The molecule has 0 bridgehead atoms. The molecule has 14 atom stereocenters. The first-order valence-corrected chi connectivity index (χ1v) is 36.4. The molecule has 0 radical (unpaired) electrons. The average Bonchev–Trinajstić information content (AvgIpc) is 0.809. The van der Waals surface area contributed by atoms with Crippen molar-refractivity contribution in [3.63, 3.8) is 0 Å². The summed E-state index contributed by atoms with van der Waals surface area (Å²) in [4.78, 5) is 176. The first-order chi connectivity index (χ1) is 44.7. The molecule has 0 saturated carbocycles. The van der Waals surface area contributed by atoms with Crippen molar-refractivity contribution >= 4 is 76.7 Å². The van der Waals surface area contributed by atoms with Crippen LogP contribution in [0.2, 0.25) is 0 Å². The Morgan fingerprint density at radius 1 is 0.500 bits per heavy atom. The monoisotopic (exact) mass is 1370 g/mol. The van der Waals surface area contributed by atoms with Crippen LogP contribution in [0.5, 0.6) is 0 Å². The molecule has 1 rings (SSSR count). The van der Waals surface area contributed by atoms with Crippen molar-refractivity contribution in [2.75, 3.05) is 74.7 Å². The zero-order valence-electron chi connectivity index (χ0n) is 63.7. The van der Waals surface area contributed by atoms with Crippen molar-refractivity contribution in [3.05, 3.63) is 12.2 Å². The van der Waals surface area contributed by atoms with Crippen molar-refractivity contribution in [1.29, 1.82) is 0 Å². The van der Waals surface area contributed by atoms with E-state index in [1.165, 1.54) is 104 Å². The number of thioether (sulfide) groups is 1. The van der Waals surface area contributed by atoms with Crippen LogP contribution < -0.4 is 21.3 Å². The van der Waals surface area contributed by atoms with Gasteiger partial charge in [-0.15, -0.1) is 11.8 Å². The van der Waals surface area contributed by atoms with E-state index in [0.29, 0.717) is 44.4 Å². The minimum atomic E-state index is -1.63. The lowest BCUT2D eigenvalue weighted by molar-refractivity contribution is -0.157. The van der Waals surface area contributed by atoms with E-state index in [4.69, 9.17) is 0 Å². The minimum Gasteiger partial charge on any atom is -0.390 e. The molecule has 5 N–H and O–H groups in total. The summed E-state index contributed by atoms with van der Waals surface area (Å²) in [7, 11) is 10.2. The molecular formula is C71H130N12O12S. The number of amides is 11. The Morgan fingerprint density at radius 3 is 1.47 bits per heavy atom. The lowest BCUT2D eigenvalue weighted by Gasteiger charge is -2.41. The Morgan fingerprint density at radius 2 is 0.990 bits per heavy atom. The molecule has 1 saturated heterocycles. The molecule has 11 amide bonds. The van der Waals surface area contributed by atoms with Crippen LogP contribution >= 0.6 is 11.8 Å². The highest BCUT2D eigenvalue weighted by molar-refractivity contribution is 8.00. The maximum absolute atomic E-state index is 15.5. The maximum Gasteiger partial charge on any atom is 0.256 e. The first-order valence-electron chi connectivity index (χ1n) is 35.4. The molecular weight excluding hydrogens is 1240 g/mol. The van der Waals surface area contributed by atoms with Gasteiger partial charge in [0.15, 0.2) is 5.37 Å². The molecule has 0 aliphatic carbocycles. The number of rotatable bonds is 24. The molecule has 552 valence electrons. The van der Waals surface area contributed by atoms with Gasteiger partial charge in [0, 0.05) is 49.3 Å². The number of hydrogen-bond donors (Lipinski definition) is 5. The fraction of sp³-hybridized carbons (Fsp3) is 0.817. The second-order valence-electron chi connectivity index (χ2n) is 28.8. The molecule has 0 aromatic carbocycles. The number of allylic oxidation sites excluding steroid dienone is 2. The predicted octanol–water partition coefficient (Wildman–Crippen LogP) is 5.84. The second kappa shape index (κ2) is 42.2. The number of nitrogens with zero attached hydrogens (tertiary/aromatic N) is 8. The maximum atomic E-state index is 15.5. The number of likely N-dealkylation sites (N-methyl/N-ethyl adjacent to an activating group) is 7. The largest absolute Gasteiger partial charge is 0.390 e. The molecule has 1 aliphatic rings. The smallest absolute Gasteiger partial charge is 0.256 e. The molecule has 0 spiro atoms. The van der Waals surface area contributed by atoms with Gasteiger partial charge in [0.1, 0.15) is 60.4 Å². The second-order valence-corrected chi connectivity index (χ2v) is 30.0. The van der Waals surface area contributed by atoms with Gasteiger partial charge in [0.05, 0.1) is 6.10 Å². The fourth-order valence-corrected chi connectivity index (χ4v) is 13.5. The van der Waals surface area contributed by atoms with Crippen molar-refractivity contribution < 1.29 is 57.8 Å². The van der Waals surface area contributed by atoms with Gasteiger partial charge in [-0.1, -0.05) is 136 Å². The van der Waals surface area contributed by atoms with E-state index in [9.17, 15) is 24.3 Å². The van der Waals surface area contributed by atoms with Crippen LogP contribution in [0.15, 0.2) is 12.2 Å². The molecule has 96 heavy (non-hydrogen) atoms. The summed E-state index contributed by atoms with van der Waals surface area (Å²) in [6.07, 6.45) is 4.89. The van der Waals surface area contributed by atoms with Crippen molar-refractivity contribution in [1.82, 2.24) is 60.5 Å². The molecule has 1 fully saturated rings.